The van der Waals surface area contributed by atoms with E-state index in [1.165, 1.54) is 56.1 Å². The molecule has 2 N–H and O–H groups in total. The number of carbonyl (C=O) groups is 2. The van der Waals surface area contributed by atoms with Crippen molar-refractivity contribution in [3.05, 3.63) is 107 Å². The molecule has 1 saturated heterocycles. The molecule has 7 nitrogen and oxygen atoms in total. The number of hydrogen-bond donors (Lipinski definition) is 2. The molecule has 3 aliphatic rings. The lowest BCUT2D eigenvalue weighted by molar-refractivity contribution is -0.140. The van der Waals surface area contributed by atoms with Gasteiger partial charge in [0, 0.05) is 61.1 Å². The van der Waals surface area contributed by atoms with E-state index in [4.69, 9.17) is 0 Å². The van der Waals surface area contributed by atoms with E-state index in [9.17, 15) is 14.7 Å². The number of aliphatic hydroxyl groups is 1. The summed E-state index contributed by atoms with van der Waals surface area (Å²) in [5.41, 5.74) is 7.19. The van der Waals surface area contributed by atoms with Gasteiger partial charge in [-0.15, -0.1) is 0 Å². The minimum absolute atomic E-state index is 0.0604. The number of likely N-dealkylation sites (tertiary alicyclic amines) is 1. The largest absolute Gasteiger partial charge is 0.396 e. The standard InChI is InChI=1S/C41H46N4O3/c1-2-27-3-7-30(8-4-27)31-13-15-34(16-14-31)37-22-42-39(43-23-37)35-9-5-28(6-10-35)21-38(41(48)45-24-29(25-45)26-46)44-40(47)36-19-17-33(18-20-36)32-11-12-32/h5-6,9-10,13-20,22-23,27,29-30,32,38,46H,2-4,7-8,11-12,21,24-26H2,1H3,(H,44,47)/t27-,30-,38-/m0/s1. The Balaban J connectivity index is 0.996. The van der Waals surface area contributed by atoms with Crippen LogP contribution in [-0.2, 0) is 11.2 Å². The Morgan fingerprint density at radius 3 is 1.88 bits per heavy atom. The third-order valence-corrected chi connectivity index (χ3v) is 10.8. The normalized spacial score (nSPS) is 20.2. The Hall–Kier alpha value is -4.36. The second-order valence-corrected chi connectivity index (χ2v) is 14.2. The van der Waals surface area contributed by atoms with Gasteiger partial charge in [0.2, 0.25) is 5.91 Å². The van der Waals surface area contributed by atoms with Crippen LogP contribution in [0, 0.1) is 11.8 Å². The molecule has 2 saturated carbocycles. The zero-order chi connectivity index (χ0) is 33.0. The Bertz CT molecular complexity index is 1690. The maximum Gasteiger partial charge on any atom is 0.251 e. The van der Waals surface area contributed by atoms with Crippen LogP contribution in [0.5, 0.6) is 0 Å². The molecule has 1 atom stereocenters. The van der Waals surface area contributed by atoms with Crippen molar-refractivity contribution in [1.82, 2.24) is 20.2 Å². The Kier molecular flexibility index (Phi) is 9.66. The fourth-order valence-electron chi connectivity index (χ4n) is 7.35. The van der Waals surface area contributed by atoms with E-state index in [0.717, 1.165) is 28.2 Å². The number of rotatable bonds is 11. The smallest absolute Gasteiger partial charge is 0.251 e. The molecule has 3 aromatic carbocycles. The molecule has 1 aromatic heterocycles. The van der Waals surface area contributed by atoms with Crippen molar-refractivity contribution in [2.45, 2.75) is 76.2 Å². The monoisotopic (exact) mass is 642 g/mol. The van der Waals surface area contributed by atoms with Crippen molar-refractivity contribution < 1.29 is 14.7 Å². The SMILES string of the molecule is CC[C@H]1CC[C@H](c2ccc(-c3cnc(-c4ccc(C[C@H](NC(=O)c5ccc(C6CC6)cc5)C(=O)N5CC(CO)C5)cc4)nc3)cc2)CC1. The summed E-state index contributed by atoms with van der Waals surface area (Å²) in [6.45, 7) is 3.39. The minimum Gasteiger partial charge on any atom is -0.396 e. The van der Waals surface area contributed by atoms with Gasteiger partial charge in [0.1, 0.15) is 6.04 Å². The molecule has 248 valence electrons. The second-order valence-electron chi connectivity index (χ2n) is 14.2. The first-order valence-corrected chi connectivity index (χ1v) is 17.8. The number of carbonyl (C=O) groups excluding carboxylic acids is 2. The lowest BCUT2D eigenvalue weighted by atomic mass is 9.78. The summed E-state index contributed by atoms with van der Waals surface area (Å²) in [7, 11) is 0. The lowest BCUT2D eigenvalue weighted by Crippen LogP contribution is -2.58. The van der Waals surface area contributed by atoms with Crippen molar-refractivity contribution in [1.29, 1.82) is 0 Å². The van der Waals surface area contributed by atoms with Gasteiger partial charge in [-0.3, -0.25) is 9.59 Å². The average molecular weight is 643 g/mol. The van der Waals surface area contributed by atoms with Gasteiger partial charge in [0.25, 0.3) is 5.91 Å². The predicted octanol–water partition coefficient (Wildman–Crippen LogP) is 7.16. The van der Waals surface area contributed by atoms with E-state index < -0.39 is 6.04 Å². The summed E-state index contributed by atoms with van der Waals surface area (Å²) >= 11 is 0. The molecule has 48 heavy (non-hydrogen) atoms. The first kappa shape index (κ1) is 32.2. The summed E-state index contributed by atoms with van der Waals surface area (Å²) in [5.74, 6) is 2.55. The molecule has 7 rings (SSSR count). The van der Waals surface area contributed by atoms with Crippen LogP contribution < -0.4 is 5.32 Å². The number of nitrogens with zero attached hydrogens (tertiary/aromatic N) is 3. The summed E-state index contributed by atoms with van der Waals surface area (Å²) in [5, 5.41) is 12.5. The first-order valence-electron chi connectivity index (χ1n) is 17.8. The molecular weight excluding hydrogens is 596 g/mol. The molecule has 2 heterocycles. The van der Waals surface area contributed by atoms with E-state index in [2.05, 4.69) is 46.5 Å². The van der Waals surface area contributed by atoms with Gasteiger partial charge in [-0.2, -0.15) is 0 Å². The van der Waals surface area contributed by atoms with Gasteiger partial charge < -0.3 is 15.3 Å². The summed E-state index contributed by atoms with van der Waals surface area (Å²) in [4.78, 5) is 37.8. The predicted molar refractivity (Wildman–Crippen MR) is 188 cm³/mol. The Morgan fingerprint density at radius 1 is 0.750 bits per heavy atom. The maximum absolute atomic E-state index is 13.5. The fraction of sp³-hybridized carbons (Fsp3) is 0.415. The summed E-state index contributed by atoms with van der Waals surface area (Å²) in [6.07, 6.45) is 13.1. The van der Waals surface area contributed by atoms with E-state index >= 15 is 0 Å². The average Bonchev–Trinajstić information content (AvgIpc) is 3.97. The molecule has 2 amide bonds. The van der Waals surface area contributed by atoms with Gasteiger partial charge in [0.15, 0.2) is 5.82 Å². The van der Waals surface area contributed by atoms with Crippen LogP contribution >= 0.6 is 0 Å². The number of hydrogen-bond acceptors (Lipinski definition) is 5. The van der Waals surface area contributed by atoms with E-state index in [1.54, 1.807) is 4.90 Å². The topological polar surface area (TPSA) is 95.4 Å². The third-order valence-electron chi connectivity index (χ3n) is 10.8. The van der Waals surface area contributed by atoms with Crippen LogP contribution in [-0.4, -0.2) is 57.5 Å². The van der Waals surface area contributed by atoms with Crippen molar-refractivity contribution in [2.75, 3.05) is 19.7 Å². The Morgan fingerprint density at radius 2 is 1.31 bits per heavy atom. The number of aliphatic hydroxyl groups excluding tert-OH is 1. The third kappa shape index (κ3) is 7.36. The van der Waals surface area contributed by atoms with E-state index in [0.29, 0.717) is 42.7 Å². The van der Waals surface area contributed by atoms with Crippen LogP contribution in [0.1, 0.15) is 90.8 Å². The highest BCUT2D eigenvalue weighted by Crippen LogP contribution is 2.40. The van der Waals surface area contributed by atoms with Gasteiger partial charge in [-0.1, -0.05) is 74.0 Å². The van der Waals surface area contributed by atoms with Gasteiger partial charge >= 0.3 is 0 Å². The molecule has 1 aliphatic heterocycles. The van der Waals surface area contributed by atoms with Crippen LogP contribution in [0.2, 0.25) is 0 Å². The highest BCUT2D eigenvalue weighted by atomic mass is 16.3. The highest BCUT2D eigenvalue weighted by Gasteiger charge is 2.35. The first-order chi connectivity index (χ1) is 23.5. The van der Waals surface area contributed by atoms with Crippen molar-refractivity contribution in [3.63, 3.8) is 0 Å². The quantitative estimate of drug-likeness (QED) is 0.181. The fourth-order valence-corrected chi connectivity index (χ4v) is 7.35. The molecule has 0 unspecified atom stereocenters. The van der Waals surface area contributed by atoms with E-state index in [-0.39, 0.29) is 24.3 Å². The highest BCUT2D eigenvalue weighted by molar-refractivity contribution is 5.97. The summed E-state index contributed by atoms with van der Waals surface area (Å²) in [6, 6.07) is 23.9. The maximum atomic E-state index is 13.5. The molecule has 0 radical (unpaired) electrons. The van der Waals surface area contributed by atoms with Crippen molar-refractivity contribution >= 4 is 11.8 Å². The zero-order valence-corrected chi connectivity index (χ0v) is 27.9. The van der Waals surface area contributed by atoms with Gasteiger partial charge in [0.05, 0.1) is 0 Å². The van der Waals surface area contributed by atoms with Crippen molar-refractivity contribution in [3.8, 4) is 22.5 Å². The minimum atomic E-state index is -0.709. The number of benzene rings is 3. The van der Waals surface area contributed by atoms with Gasteiger partial charge in [-0.25, -0.2) is 9.97 Å². The number of nitrogens with one attached hydrogen (secondary N) is 1. The molecule has 3 fully saturated rings. The molecule has 2 aliphatic carbocycles. The van der Waals surface area contributed by atoms with E-state index in [1.807, 2.05) is 60.9 Å². The molecule has 7 heteroatoms. The number of amides is 2. The lowest BCUT2D eigenvalue weighted by Gasteiger charge is -2.40. The van der Waals surface area contributed by atoms with Gasteiger partial charge in [-0.05, 0) is 90.7 Å². The summed E-state index contributed by atoms with van der Waals surface area (Å²) < 4.78 is 0. The van der Waals surface area contributed by atoms with Crippen LogP contribution in [0.4, 0.5) is 0 Å². The van der Waals surface area contributed by atoms with Crippen LogP contribution in [0.15, 0.2) is 85.2 Å². The molecule has 4 aromatic rings. The van der Waals surface area contributed by atoms with Crippen molar-refractivity contribution in [2.24, 2.45) is 11.8 Å². The zero-order valence-electron chi connectivity index (χ0n) is 27.9. The molecule has 0 spiro atoms. The molecular formula is C41H46N4O3. The molecule has 0 bridgehead atoms. The van der Waals surface area contributed by atoms with Crippen LogP contribution in [0.25, 0.3) is 22.5 Å². The Labute approximate surface area is 283 Å². The van der Waals surface area contributed by atoms with Crippen LogP contribution in [0.3, 0.4) is 0 Å². The second kappa shape index (κ2) is 14.4. The number of aromatic nitrogens is 2.